The fourth-order valence-corrected chi connectivity index (χ4v) is 2.31. The molecule has 1 amide bonds. The molecule has 0 radical (unpaired) electrons. The first-order valence-electron chi connectivity index (χ1n) is 7.77. The van der Waals surface area contributed by atoms with Gasteiger partial charge in [-0.3, -0.25) is 9.59 Å². The zero-order valence-corrected chi connectivity index (χ0v) is 13.7. The van der Waals surface area contributed by atoms with Crippen LogP contribution in [0.3, 0.4) is 0 Å². The normalized spacial score (nSPS) is 10.7. The Balaban J connectivity index is 1.84. The molecule has 0 fully saturated rings. The third-order valence-electron chi connectivity index (χ3n) is 3.51. The lowest BCUT2D eigenvalue weighted by Gasteiger charge is -2.07. The largest absolute Gasteiger partial charge is 0.352 e. The number of carbonyl (C=O) groups excluding carboxylic acids is 1. The number of hydrogen-bond acceptors (Lipinski definition) is 5. The summed E-state index contributed by atoms with van der Waals surface area (Å²) >= 11 is 0. The molecule has 124 valence electrons. The molecular formula is C16H22N4O3. The molecule has 2 aromatic heterocycles. The number of aromatic nitrogens is 3. The lowest BCUT2D eigenvalue weighted by Crippen LogP contribution is -2.28. The van der Waals surface area contributed by atoms with Gasteiger partial charge in [0.25, 0.3) is 5.56 Å². The summed E-state index contributed by atoms with van der Waals surface area (Å²) in [6, 6.07) is 1.89. The van der Waals surface area contributed by atoms with Gasteiger partial charge in [-0.25, -0.2) is 0 Å². The monoisotopic (exact) mass is 318 g/mol. The standard InChI is InChI=1S/C16H22N4O3/c1-4-5-13-19-15(23-20-13)7-6-14(21)17-9-12-10(2)8-11(3)18-16(12)22/h8H,4-7,9H2,1-3H3,(H,17,21)(H,18,22). The lowest BCUT2D eigenvalue weighted by molar-refractivity contribution is -0.121. The second-order valence-corrected chi connectivity index (χ2v) is 5.57. The molecule has 0 spiro atoms. The van der Waals surface area contributed by atoms with E-state index >= 15 is 0 Å². The van der Waals surface area contributed by atoms with Gasteiger partial charge >= 0.3 is 0 Å². The first-order valence-corrected chi connectivity index (χ1v) is 7.77. The lowest BCUT2D eigenvalue weighted by atomic mass is 10.1. The van der Waals surface area contributed by atoms with E-state index in [9.17, 15) is 9.59 Å². The van der Waals surface area contributed by atoms with Crippen molar-refractivity contribution in [2.75, 3.05) is 0 Å². The molecule has 7 heteroatoms. The van der Waals surface area contributed by atoms with Crippen molar-refractivity contribution in [2.24, 2.45) is 0 Å². The summed E-state index contributed by atoms with van der Waals surface area (Å²) in [7, 11) is 0. The van der Waals surface area contributed by atoms with Crippen LogP contribution >= 0.6 is 0 Å². The van der Waals surface area contributed by atoms with E-state index < -0.39 is 0 Å². The number of pyridine rings is 1. The Labute approximate surface area is 134 Å². The first-order chi connectivity index (χ1) is 11.0. The van der Waals surface area contributed by atoms with Gasteiger partial charge in [-0.1, -0.05) is 12.1 Å². The number of rotatable bonds is 7. The Morgan fingerprint density at radius 2 is 2.13 bits per heavy atom. The van der Waals surface area contributed by atoms with Crippen molar-refractivity contribution in [1.29, 1.82) is 0 Å². The summed E-state index contributed by atoms with van der Waals surface area (Å²) in [6.45, 7) is 5.94. The van der Waals surface area contributed by atoms with Crippen LogP contribution in [0.25, 0.3) is 0 Å². The van der Waals surface area contributed by atoms with Gasteiger partial charge in [-0.2, -0.15) is 4.98 Å². The van der Waals surface area contributed by atoms with E-state index in [0.717, 1.165) is 24.1 Å². The zero-order chi connectivity index (χ0) is 16.8. The van der Waals surface area contributed by atoms with E-state index in [2.05, 4.69) is 20.4 Å². The van der Waals surface area contributed by atoms with Crippen molar-refractivity contribution in [3.63, 3.8) is 0 Å². The van der Waals surface area contributed by atoms with Gasteiger partial charge < -0.3 is 14.8 Å². The quantitative estimate of drug-likeness (QED) is 0.807. The van der Waals surface area contributed by atoms with Crippen molar-refractivity contribution in [3.05, 3.63) is 45.0 Å². The molecular weight excluding hydrogens is 296 g/mol. The SMILES string of the molecule is CCCc1noc(CCC(=O)NCc2c(C)cc(C)[nH]c2=O)n1. The smallest absolute Gasteiger partial charge is 0.253 e. The number of H-pyrrole nitrogens is 1. The van der Waals surface area contributed by atoms with Gasteiger partial charge in [-0.15, -0.1) is 0 Å². The van der Waals surface area contributed by atoms with E-state index in [0.29, 0.717) is 23.7 Å². The molecule has 0 unspecified atom stereocenters. The molecule has 0 bridgehead atoms. The second kappa shape index (κ2) is 7.71. The molecule has 2 aromatic rings. The highest BCUT2D eigenvalue weighted by Gasteiger charge is 2.10. The average Bonchev–Trinajstić information content (AvgIpc) is 2.92. The molecule has 0 aliphatic heterocycles. The molecule has 2 rings (SSSR count). The molecule has 0 aliphatic rings. The predicted molar refractivity (Wildman–Crippen MR) is 85.0 cm³/mol. The molecule has 0 saturated carbocycles. The maximum atomic E-state index is 11.9. The number of carbonyl (C=O) groups is 1. The number of nitrogens with one attached hydrogen (secondary N) is 2. The highest BCUT2D eigenvalue weighted by atomic mass is 16.5. The average molecular weight is 318 g/mol. The summed E-state index contributed by atoms with van der Waals surface area (Å²) < 4.78 is 5.09. The summed E-state index contributed by atoms with van der Waals surface area (Å²) in [5.74, 6) is 0.984. The van der Waals surface area contributed by atoms with Gasteiger partial charge in [0.2, 0.25) is 11.8 Å². The van der Waals surface area contributed by atoms with Crippen LogP contribution in [0.4, 0.5) is 0 Å². The van der Waals surface area contributed by atoms with Gasteiger partial charge in [0.15, 0.2) is 5.82 Å². The van der Waals surface area contributed by atoms with E-state index in [1.54, 1.807) is 0 Å². The first kappa shape index (κ1) is 16.9. The predicted octanol–water partition coefficient (Wildman–Crippen LogP) is 1.58. The minimum absolute atomic E-state index is 0.153. The summed E-state index contributed by atoms with van der Waals surface area (Å²) in [6.07, 6.45) is 2.36. The molecule has 7 nitrogen and oxygen atoms in total. The fraction of sp³-hybridized carbons (Fsp3) is 0.500. The highest BCUT2D eigenvalue weighted by Crippen LogP contribution is 2.05. The highest BCUT2D eigenvalue weighted by molar-refractivity contribution is 5.76. The van der Waals surface area contributed by atoms with Gasteiger partial charge in [0, 0.05) is 37.1 Å². The van der Waals surface area contributed by atoms with Gasteiger partial charge in [0.1, 0.15) is 0 Å². The molecule has 23 heavy (non-hydrogen) atoms. The maximum Gasteiger partial charge on any atom is 0.253 e. The maximum absolute atomic E-state index is 11.9. The fourth-order valence-electron chi connectivity index (χ4n) is 2.31. The Morgan fingerprint density at radius 3 is 2.83 bits per heavy atom. The second-order valence-electron chi connectivity index (χ2n) is 5.57. The molecule has 0 aliphatic carbocycles. The summed E-state index contributed by atoms with van der Waals surface area (Å²) in [4.78, 5) is 30.7. The molecule has 2 N–H and O–H groups in total. The van der Waals surface area contributed by atoms with Crippen LogP contribution in [0.5, 0.6) is 0 Å². The van der Waals surface area contributed by atoms with E-state index in [4.69, 9.17) is 4.52 Å². The Kier molecular flexibility index (Phi) is 5.67. The van der Waals surface area contributed by atoms with Crippen LogP contribution in [0.1, 0.15) is 48.3 Å². The topological polar surface area (TPSA) is 101 Å². The number of aromatic amines is 1. The van der Waals surface area contributed by atoms with Crippen molar-refractivity contribution in [2.45, 2.75) is 53.0 Å². The van der Waals surface area contributed by atoms with Crippen LogP contribution in [0.15, 0.2) is 15.4 Å². The van der Waals surface area contributed by atoms with Crippen LogP contribution in [0.2, 0.25) is 0 Å². The molecule has 0 aromatic carbocycles. The third kappa shape index (κ3) is 4.77. The number of nitrogens with zero attached hydrogens (tertiary/aromatic N) is 2. The van der Waals surface area contributed by atoms with Crippen molar-refractivity contribution < 1.29 is 9.32 Å². The minimum atomic E-state index is -0.163. The van der Waals surface area contributed by atoms with Gasteiger partial charge in [-0.05, 0) is 31.9 Å². The van der Waals surface area contributed by atoms with Crippen LogP contribution in [-0.2, 0) is 24.2 Å². The third-order valence-corrected chi connectivity index (χ3v) is 3.51. The summed E-state index contributed by atoms with van der Waals surface area (Å²) in [5.41, 5.74) is 2.09. The van der Waals surface area contributed by atoms with Crippen LogP contribution < -0.4 is 10.9 Å². The Morgan fingerprint density at radius 1 is 1.35 bits per heavy atom. The van der Waals surface area contributed by atoms with Gasteiger partial charge in [0.05, 0.1) is 0 Å². The minimum Gasteiger partial charge on any atom is -0.352 e. The molecule has 2 heterocycles. The summed E-state index contributed by atoms with van der Waals surface area (Å²) in [5, 5.41) is 6.60. The number of hydrogen-bond donors (Lipinski definition) is 2. The number of aryl methyl sites for hydroxylation is 4. The van der Waals surface area contributed by atoms with Crippen molar-refractivity contribution >= 4 is 5.91 Å². The van der Waals surface area contributed by atoms with Crippen molar-refractivity contribution in [1.82, 2.24) is 20.4 Å². The van der Waals surface area contributed by atoms with E-state index in [1.807, 2.05) is 26.8 Å². The van der Waals surface area contributed by atoms with Crippen LogP contribution in [0, 0.1) is 13.8 Å². The van der Waals surface area contributed by atoms with E-state index in [-0.39, 0.29) is 24.4 Å². The zero-order valence-electron chi connectivity index (χ0n) is 13.7. The molecule has 0 saturated heterocycles. The van der Waals surface area contributed by atoms with E-state index in [1.165, 1.54) is 0 Å². The van der Waals surface area contributed by atoms with Crippen LogP contribution in [-0.4, -0.2) is 21.0 Å². The Hall–Kier alpha value is -2.44. The van der Waals surface area contributed by atoms with Crippen molar-refractivity contribution in [3.8, 4) is 0 Å². The Bertz CT molecular complexity index is 733. The molecule has 0 atom stereocenters. The number of amides is 1.